The molecule has 112 valence electrons. The number of nitrogens with zero attached hydrogens (tertiary/aromatic N) is 3. The lowest BCUT2D eigenvalue weighted by Crippen LogP contribution is -2.19. The number of carbonyl (C=O) groups is 1. The molecule has 6 nitrogen and oxygen atoms in total. The smallest absolute Gasteiger partial charge is 0.246 e. The van der Waals surface area contributed by atoms with Gasteiger partial charge >= 0.3 is 0 Å². The SMILES string of the molecule is CC(C)COc1ccc(NC(=O)Cn2ccnn2)cc1Cl. The van der Waals surface area contributed by atoms with Crippen LogP contribution in [0.5, 0.6) is 5.75 Å². The number of ether oxygens (including phenoxy) is 1. The lowest BCUT2D eigenvalue weighted by atomic mass is 10.2. The molecular formula is C14H17ClN4O2. The molecule has 1 heterocycles. The van der Waals surface area contributed by atoms with E-state index in [9.17, 15) is 4.79 Å². The highest BCUT2D eigenvalue weighted by molar-refractivity contribution is 6.32. The van der Waals surface area contributed by atoms with Crippen LogP contribution in [-0.2, 0) is 11.3 Å². The Labute approximate surface area is 128 Å². The van der Waals surface area contributed by atoms with Crippen molar-refractivity contribution in [3.8, 4) is 5.75 Å². The lowest BCUT2D eigenvalue weighted by molar-refractivity contribution is -0.116. The minimum Gasteiger partial charge on any atom is -0.492 e. The summed E-state index contributed by atoms with van der Waals surface area (Å²) in [7, 11) is 0. The highest BCUT2D eigenvalue weighted by Crippen LogP contribution is 2.28. The molecule has 0 spiro atoms. The second-order valence-electron chi connectivity index (χ2n) is 5.00. The second kappa shape index (κ2) is 7.08. The van der Waals surface area contributed by atoms with Crippen LogP contribution in [0, 0.1) is 5.92 Å². The van der Waals surface area contributed by atoms with Crippen LogP contribution in [0.15, 0.2) is 30.6 Å². The van der Waals surface area contributed by atoms with Crippen LogP contribution >= 0.6 is 11.6 Å². The molecule has 7 heteroatoms. The van der Waals surface area contributed by atoms with Gasteiger partial charge in [0.25, 0.3) is 0 Å². The van der Waals surface area contributed by atoms with Gasteiger partial charge in [-0.3, -0.25) is 4.79 Å². The Morgan fingerprint density at radius 2 is 2.29 bits per heavy atom. The zero-order valence-corrected chi connectivity index (χ0v) is 12.7. The van der Waals surface area contributed by atoms with Crippen molar-refractivity contribution >= 4 is 23.2 Å². The molecule has 21 heavy (non-hydrogen) atoms. The van der Waals surface area contributed by atoms with Gasteiger partial charge in [-0.2, -0.15) is 0 Å². The molecular weight excluding hydrogens is 292 g/mol. The molecule has 2 rings (SSSR count). The number of benzene rings is 1. The van der Waals surface area contributed by atoms with Gasteiger partial charge in [-0.1, -0.05) is 30.7 Å². The molecule has 0 aliphatic carbocycles. The maximum absolute atomic E-state index is 11.8. The van der Waals surface area contributed by atoms with E-state index in [0.29, 0.717) is 29.0 Å². The van der Waals surface area contributed by atoms with Crippen LogP contribution in [0.25, 0.3) is 0 Å². The summed E-state index contributed by atoms with van der Waals surface area (Å²) in [6.45, 7) is 4.82. The Kier molecular flexibility index (Phi) is 5.16. The lowest BCUT2D eigenvalue weighted by Gasteiger charge is -2.11. The van der Waals surface area contributed by atoms with Crippen molar-refractivity contribution in [2.24, 2.45) is 5.92 Å². The number of aromatic nitrogens is 3. The molecule has 0 bridgehead atoms. The second-order valence-corrected chi connectivity index (χ2v) is 5.41. The fourth-order valence-corrected chi connectivity index (χ4v) is 1.85. The third-order valence-corrected chi connectivity index (χ3v) is 2.86. The molecule has 0 saturated heterocycles. The number of amides is 1. The summed E-state index contributed by atoms with van der Waals surface area (Å²) < 4.78 is 7.02. The van der Waals surface area contributed by atoms with E-state index >= 15 is 0 Å². The molecule has 0 aliphatic heterocycles. The molecule has 2 aromatic rings. The highest BCUT2D eigenvalue weighted by atomic mass is 35.5. The van der Waals surface area contributed by atoms with Gasteiger partial charge in [-0.25, -0.2) is 4.68 Å². The normalized spacial score (nSPS) is 10.7. The number of anilines is 1. The third kappa shape index (κ3) is 4.75. The van der Waals surface area contributed by atoms with E-state index in [4.69, 9.17) is 16.3 Å². The van der Waals surface area contributed by atoms with Crippen LogP contribution in [0.1, 0.15) is 13.8 Å². The average Bonchev–Trinajstić information content (AvgIpc) is 2.90. The summed E-state index contributed by atoms with van der Waals surface area (Å²) in [6, 6.07) is 5.16. The van der Waals surface area contributed by atoms with Gasteiger partial charge in [0.15, 0.2) is 0 Å². The Morgan fingerprint density at radius 3 is 2.90 bits per heavy atom. The predicted octanol–water partition coefficient (Wildman–Crippen LogP) is 2.61. The van der Waals surface area contributed by atoms with Crippen LogP contribution < -0.4 is 10.1 Å². The van der Waals surface area contributed by atoms with E-state index in [2.05, 4.69) is 29.5 Å². The van der Waals surface area contributed by atoms with Crippen LogP contribution in [0.3, 0.4) is 0 Å². The molecule has 0 saturated carbocycles. The standard InChI is InChI=1S/C14H17ClN4O2/c1-10(2)9-21-13-4-3-11(7-12(13)15)17-14(20)8-19-6-5-16-18-19/h3-7,10H,8-9H2,1-2H3,(H,17,20). The average molecular weight is 309 g/mol. The first-order valence-corrected chi connectivity index (χ1v) is 6.98. The van der Waals surface area contributed by atoms with Crippen molar-refractivity contribution in [3.05, 3.63) is 35.6 Å². The summed E-state index contributed by atoms with van der Waals surface area (Å²) in [6.07, 6.45) is 3.14. The number of hydrogen-bond acceptors (Lipinski definition) is 4. The molecule has 0 radical (unpaired) electrons. The molecule has 0 unspecified atom stereocenters. The fraction of sp³-hybridized carbons (Fsp3) is 0.357. The quantitative estimate of drug-likeness (QED) is 0.890. The minimum absolute atomic E-state index is 0.100. The summed E-state index contributed by atoms with van der Waals surface area (Å²) in [4.78, 5) is 11.8. The summed E-state index contributed by atoms with van der Waals surface area (Å²) >= 11 is 6.14. The zero-order valence-electron chi connectivity index (χ0n) is 11.9. The third-order valence-electron chi connectivity index (χ3n) is 2.57. The van der Waals surface area contributed by atoms with Crippen molar-refractivity contribution in [1.29, 1.82) is 0 Å². The number of halogens is 1. The Hall–Kier alpha value is -2.08. The Morgan fingerprint density at radius 1 is 1.48 bits per heavy atom. The van der Waals surface area contributed by atoms with E-state index in [1.54, 1.807) is 24.4 Å². The van der Waals surface area contributed by atoms with E-state index in [1.807, 2.05) is 0 Å². The monoisotopic (exact) mass is 308 g/mol. The molecule has 1 aromatic carbocycles. The molecule has 1 aromatic heterocycles. The van der Waals surface area contributed by atoms with Gasteiger partial charge in [0.2, 0.25) is 5.91 Å². The van der Waals surface area contributed by atoms with E-state index in [0.717, 1.165) is 0 Å². The van der Waals surface area contributed by atoms with Crippen LogP contribution in [-0.4, -0.2) is 27.5 Å². The van der Waals surface area contributed by atoms with E-state index in [1.165, 1.54) is 10.9 Å². The Balaban J connectivity index is 1.94. The van der Waals surface area contributed by atoms with Crippen molar-refractivity contribution in [3.63, 3.8) is 0 Å². The minimum atomic E-state index is -0.201. The van der Waals surface area contributed by atoms with Crippen molar-refractivity contribution in [2.75, 3.05) is 11.9 Å². The molecule has 0 atom stereocenters. The molecule has 0 aliphatic rings. The summed E-state index contributed by atoms with van der Waals surface area (Å²) in [5.74, 6) is 0.829. The molecule has 1 N–H and O–H groups in total. The zero-order chi connectivity index (χ0) is 15.2. The predicted molar refractivity (Wildman–Crippen MR) is 80.4 cm³/mol. The first-order valence-electron chi connectivity index (χ1n) is 6.61. The number of hydrogen-bond donors (Lipinski definition) is 1. The van der Waals surface area contributed by atoms with Crippen LogP contribution in [0.4, 0.5) is 5.69 Å². The van der Waals surface area contributed by atoms with Gasteiger partial charge < -0.3 is 10.1 Å². The van der Waals surface area contributed by atoms with Gasteiger partial charge in [0, 0.05) is 11.9 Å². The van der Waals surface area contributed by atoms with Gasteiger partial charge in [-0.15, -0.1) is 5.10 Å². The maximum Gasteiger partial charge on any atom is 0.246 e. The van der Waals surface area contributed by atoms with Crippen molar-refractivity contribution in [2.45, 2.75) is 20.4 Å². The van der Waals surface area contributed by atoms with Gasteiger partial charge in [0.05, 0.1) is 17.8 Å². The van der Waals surface area contributed by atoms with Gasteiger partial charge in [0.1, 0.15) is 12.3 Å². The Bertz CT molecular complexity index is 599. The van der Waals surface area contributed by atoms with Crippen LogP contribution in [0.2, 0.25) is 5.02 Å². The van der Waals surface area contributed by atoms with Gasteiger partial charge in [-0.05, 0) is 24.1 Å². The number of carbonyl (C=O) groups excluding carboxylic acids is 1. The topological polar surface area (TPSA) is 69.0 Å². The number of nitrogens with one attached hydrogen (secondary N) is 1. The first-order chi connectivity index (χ1) is 10.0. The fourth-order valence-electron chi connectivity index (χ4n) is 1.62. The summed E-state index contributed by atoms with van der Waals surface area (Å²) in [5.41, 5.74) is 0.613. The maximum atomic E-state index is 11.8. The highest BCUT2D eigenvalue weighted by Gasteiger charge is 2.08. The molecule has 1 amide bonds. The largest absolute Gasteiger partial charge is 0.492 e. The number of rotatable bonds is 6. The summed E-state index contributed by atoms with van der Waals surface area (Å²) in [5, 5.41) is 10.6. The molecule has 0 fully saturated rings. The van der Waals surface area contributed by atoms with Crippen molar-refractivity contribution in [1.82, 2.24) is 15.0 Å². The van der Waals surface area contributed by atoms with E-state index in [-0.39, 0.29) is 12.5 Å². The van der Waals surface area contributed by atoms with E-state index < -0.39 is 0 Å². The first kappa shape index (κ1) is 15.3. The van der Waals surface area contributed by atoms with Crippen molar-refractivity contribution < 1.29 is 9.53 Å².